The molecule has 0 unspecified atom stereocenters. The van der Waals surface area contributed by atoms with Crippen molar-refractivity contribution in [1.29, 1.82) is 0 Å². The zero-order chi connectivity index (χ0) is 14.0. The summed E-state index contributed by atoms with van der Waals surface area (Å²) in [6.07, 6.45) is 0.293. The van der Waals surface area contributed by atoms with Crippen molar-refractivity contribution in [3.8, 4) is 0 Å². The third-order valence-electron chi connectivity index (χ3n) is 2.83. The number of imidazole rings is 1. The summed E-state index contributed by atoms with van der Waals surface area (Å²) in [5.74, 6) is 0.158. The van der Waals surface area contributed by atoms with Crippen molar-refractivity contribution in [2.45, 2.75) is 18.8 Å². The van der Waals surface area contributed by atoms with Gasteiger partial charge in [-0.05, 0) is 6.07 Å². The molecule has 1 heterocycles. The van der Waals surface area contributed by atoms with Crippen LogP contribution in [-0.4, -0.2) is 22.5 Å². The quantitative estimate of drug-likeness (QED) is 0.883. The Morgan fingerprint density at radius 2 is 2.26 bits per heavy atom. The molecule has 0 atom stereocenters. The highest BCUT2D eigenvalue weighted by Gasteiger charge is 2.13. The largest absolute Gasteiger partial charge is 0.359 e. The van der Waals surface area contributed by atoms with Gasteiger partial charge in [0.05, 0.1) is 21.9 Å². The van der Waals surface area contributed by atoms with Gasteiger partial charge in [0, 0.05) is 26.1 Å². The van der Waals surface area contributed by atoms with Gasteiger partial charge >= 0.3 is 0 Å². The van der Waals surface area contributed by atoms with Crippen LogP contribution in [0.3, 0.4) is 0 Å². The third kappa shape index (κ3) is 2.82. The number of carbonyl (C=O) groups is 1. The Hall–Kier alpha value is -1.33. The van der Waals surface area contributed by atoms with Crippen LogP contribution >= 0.6 is 23.2 Å². The van der Waals surface area contributed by atoms with E-state index in [-0.39, 0.29) is 16.8 Å². The minimum absolute atomic E-state index is 0.0229. The molecule has 1 amide bonds. The lowest BCUT2D eigenvalue weighted by Crippen LogP contribution is -2.20. The molecule has 102 valence electrons. The molecule has 1 aromatic heterocycles. The number of hydrogen-bond acceptors (Lipinski definition) is 2. The van der Waals surface area contributed by atoms with Gasteiger partial charge in [-0.1, -0.05) is 11.6 Å². The zero-order valence-electron chi connectivity index (χ0n) is 10.2. The Bertz CT molecular complexity index is 627. The Morgan fingerprint density at radius 1 is 1.53 bits per heavy atom. The highest BCUT2D eigenvalue weighted by Crippen LogP contribution is 2.24. The lowest BCUT2D eigenvalue weighted by molar-refractivity contribution is -0.120. The highest BCUT2D eigenvalue weighted by molar-refractivity contribution is 6.31. The number of halogens is 3. The van der Waals surface area contributed by atoms with E-state index in [1.54, 1.807) is 11.6 Å². The Balaban J connectivity index is 2.44. The summed E-state index contributed by atoms with van der Waals surface area (Å²) in [5, 5.41) is 2.56. The summed E-state index contributed by atoms with van der Waals surface area (Å²) in [6.45, 7) is 0.417. The van der Waals surface area contributed by atoms with E-state index in [0.717, 1.165) is 0 Å². The van der Waals surface area contributed by atoms with Crippen LogP contribution in [0.25, 0.3) is 11.0 Å². The second kappa shape index (κ2) is 5.75. The molecule has 4 nitrogen and oxygen atoms in total. The van der Waals surface area contributed by atoms with Crippen LogP contribution in [0.4, 0.5) is 4.39 Å². The Morgan fingerprint density at radius 3 is 2.89 bits per heavy atom. The summed E-state index contributed by atoms with van der Waals surface area (Å²) < 4.78 is 15.2. The minimum Gasteiger partial charge on any atom is -0.359 e. The molecule has 0 radical (unpaired) electrons. The Labute approximate surface area is 119 Å². The number of nitrogens with one attached hydrogen (secondary N) is 1. The van der Waals surface area contributed by atoms with E-state index in [4.69, 9.17) is 23.2 Å². The van der Waals surface area contributed by atoms with Crippen LogP contribution in [-0.2, 0) is 17.2 Å². The van der Waals surface area contributed by atoms with E-state index < -0.39 is 5.82 Å². The number of hydrogen-bond donors (Lipinski definition) is 1. The van der Waals surface area contributed by atoms with Gasteiger partial charge in [-0.15, -0.1) is 11.6 Å². The number of rotatable bonds is 4. The summed E-state index contributed by atoms with van der Waals surface area (Å²) >= 11 is 11.6. The van der Waals surface area contributed by atoms with Crippen LogP contribution in [0.5, 0.6) is 0 Å². The maximum Gasteiger partial charge on any atom is 0.221 e. The molecule has 2 aromatic rings. The SMILES string of the molecule is CNC(=O)CCn1c(CCl)nc2cc(F)c(Cl)cc21. The van der Waals surface area contributed by atoms with Gasteiger partial charge in [0.25, 0.3) is 0 Å². The highest BCUT2D eigenvalue weighted by atomic mass is 35.5. The number of carbonyl (C=O) groups excluding carboxylic acids is 1. The van der Waals surface area contributed by atoms with Crippen LogP contribution < -0.4 is 5.32 Å². The van der Waals surface area contributed by atoms with E-state index in [9.17, 15) is 9.18 Å². The van der Waals surface area contributed by atoms with E-state index in [2.05, 4.69) is 10.3 Å². The topological polar surface area (TPSA) is 46.9 Å². The molecule has 0 aliphatic heterocycles. The first-order valence-corrected chi connectivity index (χ1v) is 6.58. The molecular weight excluding hydrogens is 292 g/mol. The van der Waals surface area contributed by atoms with Gasteiger partial charge in [0.1, 0.15) is 11.6 Å². The van der Waals surface area contributed by atoms with Crippen molar-refractivity contribution in [1.82, 2.24) is 14.9 Å². The zero-order valence-corrected chi connectivity index (χ0v) is 11.7. The van der Waals surface area contributed by atoms with Crippen LogP contribution in [0.2, 0.25) is 5.02 Å². The number of alkyl halides is 1. The summed E-state index contributed by atoms with van der Waals surface area (Å²) in [6, 6.07) is 2.77. The van der Waals surface area contributed by atoms with E-state index >= 15 is 0 Å². The van der Waals surface area contributed by atoms with Gasteiger partial charge in [-0.3, -0.25) is 4.79 Å². The van der Waals surface area contributed by atoms with Crippen molar-refractivity contribution < 1.29 is 9.18 Å². The number of fused-ring (bicyclic) bond motifs is 1. The molecule has 0 fully saturated rings. The maximum atomic E-state index is 13.4. The van der Waals surface area contributed by atoms with Crippen molar-refractivity contribution >= 4 is 40.1 Å². The molecule has 0 saturated carbocycles. The lowest BCUT2D eigenvalue weighted by Gasteiger charge is -2.07. The van der Waals surface area contributed by atoms with Gasteiger partial charge in [0.2, 0.25) is 5.91 Å². The average molecular weight is 304 g/mol. The first kappa shape index (κ1) is 14.1. The third-order valence-corrected chi connectivity index (χ3v) is 3.36. The summed E-state index contributed by atoms with van der Waals surface area (Å²) in [5.41, 5.74) is 1.15. The van der Waals surface area contributed by atoms with Crippen molar-refractivity contribution in [2.24, 2.45) is 0 Å². The second-order valence-corrected chi connectivity index (χ2v) is 4.67. The number of aromatic nitrogens is 2. The van der Waals surface area contributed by atoms with Gasteiger partial charge in [-0.2, -0.15) is 0 Å². The molecular formula is C12H12Cl2FN3O. The second-order valence-electron chi connectivity index (χ2n) is 3.99. The fraction of sp³-hybridized carbons (Fsp3) is 0.333. The average Bonchev–Trinajstić information content (AvgIpc) is 2.73. The predicted octanol–water partition coefficient (Wildman–Crippen LogP) is 2.70. The Kier molecular flexibility index (Phi) is 4.27. The van der Waals surface area contributed by atoms with Crippen LogP contribution in [0, 0.1) is 5.82 Å². The summed E-state index contributed by atoms with van der Waals surface area (Å²) in [7, 11) is 1.57. The maximum absolute atomic E-state index is 13.4. The molecule has 0 aliphatic rings. The van der Waals surface area contributed by atoms with E-state index in [1.165, 1.54) is 12.1 Å². The number of benzene rings is 1. The number of amides is 1. The van der Waals surface area contributed by atoms with Crippen molar-refractivity contribution in [2.75, 3.05) is 7.05 Å². The molecule has 7 heteroatoms. The number of aryl methyl sites for hydroxylation is 1. The predicted molar refractivity (Wildman–Crippen MR) is 72.9 cm³/mol. The fourth-order valence-corrected chi connectivity index (χ4v) is 2.22. The first-order valence-electron chi connectivity index (χ1n) is 5.67. The fourth-order valence-electron chi connectivity index (χ4n) is 1.86. The molecule has 1 N–H and O–H groups in total. The van der Waals surface area contributed by atoms with Gasteiger partial charge < -0.3 is 9.88 Å². The molecule has 19 heavy (non-hydrogen) atoms. The van der Waals surface area contributed by atoms with Crippen molar-refractivity contribution in [3.05, 3.63) is 28.8 Å². The first-order chi connectivity index (χ1) is 9.06. The smallest absolute Gasteiger partial charge is 0.221 e. The molecule has 1 aromatic carbocycles. The monoisotopic (exact) mass is 303 g/mol. The van der Waals surface area contributed by atoms with Crippen LogP contribution in [0.15, 0.2) is 12.1 Å². The standard InChI is InChI=1S/C12H12Cl2FN3O/c1-16-12(19)2-3-18-10-4-7(14)8(15)5-9(10)17-11(18)6-13/h4-5H,2-3,6H2,1H3,(H,16,19). The molecule has 0 spiro atoms. The van der Waals surface area contributed by atoms with Crippen molar-refractivity contribution in [3.63, 3.8) is 0 Å². The lowest BCUT2D eigenvalue weighted by atomic mass is 10.3. The molecule has 0 aliphatic carbocycles. The molecule has 0 bridgehead atoms. The summed E-state index contributed by atoms with van der Waals surface area (Å²) in [4.78, 5) is 15.5. The molecule has 0 saturated heterocycles. The molecule has 2 rings (SSSR count). The van der Waals surface area contributed by atoms with E-state index in [0.29, 0.717) is 29.8 Å². The van der Waals surface area contributed by atoms with Gasteiger partial charge in [0.15, 0.2) is 0 Å². The normalized spacial score (nSPS) is 10.9. The van der Waals surface area contributed by atoms with E-state index in [1.807, 2.05) is 0 Å². The minimum atomic E-state index is -0.522. The van der Waals surface area contributed by atoms with Gasteiger partial charge in [-0.25, -0.2) is 9.37 Å². The number of nitrogens with zero attached hydrogens (tertiary/aromatic N) is 2. The van der Waals surface area contributed by atoms with Crippen LogP contribution in [0.1, 0.15) is 12.2 Å².